The lowest BCUT2D eigenvalue weighted by Crippen LogP contribution is -2.15. The Morgan fingerprint density at radius 3 is 2.36 bits per heavy atom. The fourth-order valence-electron chi connectivity index (χ4n) is 0.630. The molecule has 0 saturated heterocycles. The van der Waals surface area contributed by atoms with Gasteiger partial charge in [0, 0.05) is 0 Å². The molecule has 0 amide bonds. The number of phenols is 1. The van der Waals surface area contributed by atoms with Gasteiger partial charge in [0.1, 0.15) is 11.5 Å². The molecule has 58 valence electrons. The molecule has 0 bridgehead atoms. The van der Waals surface area contributed by atoms with Crippen LogP contribution < -0.4 is 10.5 Å². The van der Waals surface area contributed by atoms with E-state index in [1.54, 1.807) is 12.1 Å². The molecule has 3 N–H and O–H groups in total. The summed E-state index contributed by atoms with van der Waals surface area (Å²) in [7, 11) is 0. The molecule has 0 aliphatic rings. The Labute approximate surface area is 69.4 Å². The Bertz CT molecular complexity index is 258. The minimum atomic E-state index is -0.0318. The fourth-order valence-corrected chi connectivity index (χ4v) is 0.727. The lowest BCUT2D eigenvalue weighted by molar-refractivity contribution is 0.473. The maximum atomic E-state index is 8.87. The Morgan fingerprint density at radius 1 is 1.36 bits per heavy atom. The lowest BCUT2D eigenvalue weighted by Gasteiger charge is -2.00. The topological polar surface area (TPSA) is 55.5 Å². The van der Waals surface area contributed by atoms with Crippen LogP contribution in [-0.2, 0) is 0 Å². The van der Waals surface area contributed by atoms with E-state index < -0.39 is 0 Å². The molecule has 0 spiro atoms. The minimum Gasteiger partial charge on any atom is -0.508 e. The molecule has 0 radical (unpaired) electrons. The summed E-state index contributed by atoms with van der Waals surface area (Å²) in [4.78, 5) is 0. The van der Waals surface area contributed by atoms with Crippen molar-refractivity contribution in [2.45, 2.75) is 0 Å². The van der Waals surface area contributed by atoms with Gasteiger partial charge in [-0.1, -0.05) is 0 Å². The molecule has 0 aliphatic carbocycles. The zero-order valence-corrected chi connectivity index (χ0v) is 6.47. The summed E-state index contributed by atoms with van der Waals surface area (Å²) in [6.45, 7) is 0. The summed E-state index contributed by atoms with van der Waals surface area (Å²) >= 11 is 4.50. The van der Waals surface area contributed by atoms with Crippen molar-refractivity contribution in [2.24, 2.45) is 5.73 Å². The standard InChI is InChI=1S/C7H7NO2S/c8-7(11)10-6-3-1-5(9)2-4-6/h1-4,9H,(H2,8,11). The number of hydrogen-bond acceptors (Lipinski definition) is 3. The number of nitrogens with two attached hydrogens (primary N) is 1. The van der Waals surface area contributed by atoms with E-state index >= 15 is 0 Å². The molecule has 4 heteroatoms. The average molecular weight is 169 g/mol. The summed E-state index contributed by atoms with van der Waals surface area (Å²) in [6.07, 6.45) is 0. The van der Waals surface area contributed by atoms with Crippen LogP contribution in [0.4, 0.5) is 0 Å². The predicted molar refractivity (Wildman–Crippen MR) is 45.5 cm³/mol. The van der Waals surface area contributed by atoms with Gasteiger partial charge < -0.3 is 15.6 Å². The van der Waals surface area contributed by atoms with Crippen LogP contribution in [0.1, 0.15) is 0 Å². The second-order valence-corrected chi connectivity index (χ2v) is 2.32. The maximum absolute atomic E-state index is 8.87. The quantitative estimate of drug-likeness (QED) is 0.616. The molecule has 0 saturated carbocycles. The molecule has 11 heavy (non-hydrogen) atoms. The highest BCUT2D eigenvalue weighted by atomic mass is 32.1. The van der Waals surface area contributed by atoms with Crippen LogP contribution >= 0.6 is 12.2 Å². The SMILES string of the molecule is NC(=S)Oc1ccc(O)cc1. The van der Waals surface area contributed by atoms with Crippen molar-refractivity contribution in [1.29, 1.82) is 0 Å². The van der Waals surface area contributed by atoms with Crippen molar-refractivity contribution in [1.82, 2.24) is 0 Å². The van der Waals surface area contributed by atoms with Gasteiger partial charge in [0.2, 0.25) is 0 Å². The average Bonchev–Trinajstić information content (AvgIpc) is 1.93. The first-order chi connectivity index (χ1) is 5.18. The lowest BCUT2D eigenvalue weighted by atomic mass is 10.3. The second-order valence-electron chi connectivity index (χ2n) is 1.91. The van der Waals surface area contributed by atoms with Gasteiger partial charge >= 0.3 is 0 Å². The van der Waals surface area contributed by atoms with Gasteiger partial charge in [0.05, 0.1) is 0 Å². The van der Waals surface area contributed by atoms with Gasteiger partial charge in [-0.25, -0.2) is 0 Å². The highest BCUT2D eigenvalue weighted by Gasteiger charge is 1.93. The summed E-state index contributed by atoms with van der Waals surface area (Å²) in [6, 6.07) is 6.14. The van der Waals surface area contributed by atoms with Crippen molar-refractivity contribution >= 4 is 17.4 Å². The zero-order valence-electron chi connectivity index (χ0n) is 5.65. The number of benzene rings is 1. The van der Waals surface area contributed by atoms with Gasteiger partial charge in [0.15, 0.2) is 0 Å². The Hall–Kier alpha value is -1.29. The molecule has 0 atom stereocenters. The van der Waals surface area contributed by atoms with E-state index in [4.69, 9.17) is 15.6 Å². The molecule has 0 aliphatic heterocycles. The van der Waals surface area contributed by atoms with Crippen molar-refractivity contribution in [2.75, 3.05) is 0 Å². The molecular weight excluding hydrogens is 162 g/mol. The van der Waals surface area contributed by atoms with Crippen LogP contribution in [0.15, 0.2) is 24.3 Å². The number of phenolic OH excluding ortho intramolecular Hbond substituents is 1. The predicted octanol–water partition coefficient (Wildman–Crippen LogP) is 1.01. The first kappa shape index (κ1) is 7.81. The van der Waals surface area contributed by atoms with Crippen molar-refractivity contribution in [3.05, 3.63) is 24.3 Å². The number of ether oxygens (including phenoxy) is 1. The van der Waals surface area contributed by atoms with Gasteiger partial charge in [-0.3, -0.25) is 0 Å². The van der Waals surface area contributed by atoms with Crippen molar-refractivity contribution in [3.8, 4) is 11.5 Å². The molecule has 0 heterocycles. The molecule has 0 aromatic heterocycles. The smallest absolute Gasteiger partial charge is 0.259 e. The highest BCUT2D eigenvalue weighted by molar-refractivity contribution is 7.80. The van der Waals surface area contributed by atoms with Crippen molar-refractivity contribution in [3.63, 3.8) is 0 Å². The van der Waals surface area contributed by atoms with E-state index in [1.165, 1.54) is 12.1 Å². The number of aromatic hydroxyl groups is 1. The molecule has 1 aromatic rings. The van der Waals surface area contributed by atoms with E-state index in [0.717, 1.165) is 0 Å². The molecular formula is C7H7NO2S. The van der Waals surface area contributed by atoms with Crippen LogP contribution in [-0.4, -0.2) is 10.3 Å². The van der Waals surface area contributed by atoms with Crippen LogP contribution in [0.25, 0.3) is 0 Å². The third-order valence-corrected chi connectivity index (χ3v) is 1.14. The molecule has 3 nitrogen and oxygen atoms in total. The fraction of sp³-hybridized carbons (Fsp3) is 0. The van der Waals surface area contributed by atoms with E-state index in [0.29, 0.717) is 5.75 Å². The molecule has 0 fully saturated rings. The van der Waals surface area contributed by atoms with E-state index in [1.807, 2.05) is 0 Å². The monoisotopic (exact) mass is 169 g/mol. The maximum Gasteiger partial charge on any atom is 0.259 e. The molecule has 1 aromatic carbocycles. The summed E-state index contributed by atoms with van der Waals surface area (Å²) in [5.74, 6) is 0.704. The largest absolute Gasteiger partial charge is 0.508 e. The second kappa shape index (κ2) is 3.21. The molecule has 1 rings (SSSR count). The summed E-state index contributed by atoms with van der Waals surface area (Å²) in [5.41, 5.74) is 5.11. The number of rotatable bonds is 1. The van der Waals surface area contributed by atoms with Gasteiger partial charge in [-0.05, 0) is 36.5 Å². The van der Waals surface area contributed by atoms with Crippen LogP contribution in [0.2, 0.25) is 0 Å². The zero-order chi connectivity index (χ0) is 8.27. The Kier molecular flexibility index (Phi) is 2.28. The third-order valence-electron chi connectivity index (χ3n) is 1.06. The summed E-state index contributed by atoms with van der Waals surface area (Å²) < 4.78 is 4.87. The minimum absolute atomic E-state index is 0.0318. The van der Waals surface area contributed by atoms with Crippen molar-refractivity contribution < 1.29 is 9.84 Å². The number of thiocarbonyl (C=S) groups is 1. The Balaban J connectivity index is 2.74. The van der Waals surface area contributed by atoms with Gasteiger partial charge in [0.25, 0.3) is 5.17 Å². The first-order valence-electron chi connectivity index (χ1n) is 2.95. The molecule has 0 unspecified atom stereocenters. The highest BCUT2D eigenvalue weighted by Crippen LogP contribution is 2.15. The van der Waals surface area contributed by atoms with E-state index in [-0.39, 0.29) is 10.9 Å². The third kappa shape index (κ3) is 2.43. The van der Waals surface area contributed by atoms with E-state index in [9.17, 15) is 0 Å². The van der Waals surface area contributed by atoms with Gasteiger partial charge in [-0.2, -0.15) is 0 Å². The van der Waals surface area contributed by atoms with Crippen LogP contribution in [0, 0.1) is 0 Å². The van der Waals surface area contributed by atoms with E-state index in [2.05, 4.69) is 12.2 Å². The first-order valence-corrected chi connectivity index (χ1v) is 3.35. The normalized spacial score (nSPS) is 9.09. The summed E-state index contributed by atoms with van der Waals surface area (Å²) in [5, 5.41) is 8.84. The van der Waals surface area contributed by atoms with Crippen LogP contribution in [0.3, 0.4) is 0 Å². The van der Waals surface area contributed by atoms with Gasteiger partial charge in [-0.15, -0.1) is 0 Å². The number of hydrogen-bond donors (Lipinski definition) is 2. The van der Waals surface area contributed by atoms with Crippen LogP contribution in [0.5, 0.6) is 11.5 Å². The Morgan fingerprint density at radius 2 is 1.91 bits per heavy atom.